The number of nitrogens with zero attached hydrogens (tertiary/aromatic N) is 1. The van der Waals surface area contributed by atoms with Gasteiger partial charge in [0.1, 0.15) is 5.82 Å². The fourth-order valence-electron chi connectivity index (χ4n) is 4.29. The second-order valence-electron chi connectivity index (χ2n) is 9.40. The summed E-state index contributed by atoms with van der Waals surface area (Å²) in [4.78, 5) is 13.1. The number of nitrogens with one attached hydrogen (secondary N) is 1. The van der Waals surface area contributed by atoms with Crippen molar-refractivity contribution in [2.45, 2.75) is 58.3 Å². The van der Waals surface area contributed by atoms with E-state index in [4.69, 9.17) is 0 Å². The summed E-state index contributed by atoms with van der Waals surface area (Å²) in [6.07, 6.45) is -4.09. The molecular weight excluding hydrogens is 424 g/mol. The molecule has 1 amide bonds. The number of alkyl halides is 3. The molecule has 2 atom stereocenters. The summed E-state index contributed by atoms with van der Waals surface area (Å²) in [5.74, 6) is -0.467. The molecule has 0 aromatic heterocycles. The number of rotatable bonds is 4. The highest BCUT2D eigenvalue weighted by Gasteiger charge is 2.38. The Morgan fingerprint density at radius 1 is 1.16 bits per heavy atom. The molecule has 8 heteroatoms. The average molecular weight is 452 g/mol. The van der Waals surface area contributed by atoms with Crippen LogP contribution in [0.2, 0.25) is 0 Å². The van der Waals surface area contributed by atoms with Crippen molar-refractivity contribution in [1.82, 2.24) is 4.90 Å². The Bertz CT molecular complexity index is 969. The minimum atomic E-state index is -4.45. The van der Waals surface area contributed by atoms with Gasteiger partial charge < -0.3 is 15.3 Å². The SMILES string of the molecule is CC(C)(C)C1CC(Nc2ccc(F)cc2Cc2cccc(C(F)(F)F)c2)CCN1C(=O)O. The largest absolute Gasteiger partial charge is 0.465 e. The van der Waals surface area contributed by atoms with Crippen molar-refractivity contribution in [2.24, 2.45) is 5.41 Å². The van der Waals surface area contributed by atoms with Crippen molar-refractivity contribution < 1.29 is 27.5 Å². The number of amides is 1. The molecule has 2 aromatic carbocycles. The Hall–Kier alpha value is -2.77. The molecule has 0 radical (unpaired) electrons. The van der Waals surface area contributed by atoms with Crippen LogP contribution >= 0.6 is 0 Å². The molecule has 2 aromatic rings. The van der Waals surface area contributed by atoms with Gasteiger partial charge in [-0.05, 0) is 60.1 Å². The van der Waals surface area contributed by atoms with Crippen molar-refractivity contribution in [2.75, 3.05) is 11.9 Å². The van der Waals surface area contributed by atoms with E-state index in [9.17, 15) is 27.5 Å². The molecule has 2 unspecified atom stereocenters. The fourth-order valence-corrected chi connectivity index (χ4v) is 4.29. The summed E-state index contributed by atoms with van der Waals surface area (Å²) in [6, 6.07) is 9.02. The van der Waals surface area contributed by atoms with E-state index >= 15 is 0 Å². The lowest BCUT2D eigenvalue weighted by molar-refractivity contribution is -0.137. The van der Waals surface area contributed by atoms with Crippen LogP contribution in [-0.2, 0) is 12.6 Å². The normalized spacial score (nSPS) is 19.7. The first-order chi connectivity index (χ1) is 14.8. The van der Waals surface area contributed by atoms with Gasteiger partial charge in [0.15, 0.2) is 0 Å². The van der Waals surface area contributed by atoms with Gasteiger partial charge in [0, 0.05) is 24.3 Å². The van der Waals surface area contributed by atoms with Crippen molar-refractivity contribution in [3.05, 3.63) is 65.0 Å². The van der Waals surface area contributed by atoms with E-state index in [1.165, 1.54) is 23.1 Å². The van der Waals surface area contributed by atoms with Gasteiger partial charge in [0.05, 0.1) is 5.56 Å². The third-order valence-electron chi connectivity index (χ3n) is 5.92. The molecule has 3 rings (SSSR count). The van der Waals surface area contributed by atoms with E-state index in [1.807, 2.05) is 20.8 Å². The highest BCUT2D eigenvalue weighted by atomic mass is 19.4. The zero-order valence-corrected chi connectivity index (χ0v) is 18.3. The van der Waals surface area contributed by atoms with E-state index in [0.717, 1.165) is 12.1 Å². The summed E-state index contributed by atoms with van der Waals surface area (Å²) < 4.78 is 53.2. The highest BCUT2D eigenvalue weighted by molar-refractivity contribution is 5.66. The first-order valence-corrected chi connectivity index (χ1v) is 10.6. The first-order valence-electron chi connectivity index (χ1n) is 10.6. The number of carboxylic acid groups (broad SMARTS) is 1. The molecule has 0 saturated carbocycles. The molecule has 1 fully saturated rings. The van der Waals surface area contributed by atoms with Gasteiger partial charge in [-0.25, -0.2) is 9.18 Å². The predicted molar refractivity (Wildman–Crippen MR) is 115 cm³/mol. The van der Waals surface area contributed by atoms with Crippen LogP contribution in [0, 0.1) is 11.2 Å². The minimum Gasteiger partial charge on any atom is -0.465 e. The number of benzene rings is 2. The molecule has 1 saturated heterocycles. The molecule has 4 nitrogen and oxygen atoms in total. The number of hydrogen-bond donors (Lipinski definition) is 2. The van der Waals surface area contributed by atoms with Crippen LogP contribution in [0.5, 0.6) is 0 Å². The molecule has 1 aliphatic heterocycles. The van der Waals surface area contributed by atoms with Gasteiger partial charge in [-0.3, -0.25) is 0 Å². The number of anilines is 1. The van der Waals surface area contributed by atoms with E-state index in [-0.39, 0.29) is 23.9 Å². The smallest absolute Gasteiger partial charge is 0.416 e. The Balaban J connectivity index is 1.82. The van der Waals surface area contributed by atoms with Crippen LogP contribution in [0.1, 0.15) is 50.3 Å². The van der Waals surface area contributed by atoms with Gasteiger partial charge in [0.25, 0.3) is 0 Å². The summed E-state index contributed by atoms with van der Waals surface area (Å²) in [7, 11) is 0. The van der Waals surface area contributed by atoms with E-state index < -0.39 is 23.7 Å². The number of likely N-dealkylation sites (tertiary alicyclic amines) is 1. The van der Waals surface area contributed by atoms with Crippen molar-refractivity contribution in [3.63, 3.8) is 0 Å². The average Bonchev–Trinajstić information content (AvgIpc) is 2.69. The topological polar surface area (TPSA) is 52.6 Å². The quantitative estimate of drug-likeness (QED) is 0.528. The number of halogens is 4. The molecular formula is C24H28F4N2O2. The maximum absolute atomic E-state index is 14.0. The lowest BCUT2D eigenvalue weighted by atomic mass is 9.79. The van der Waals surface area contributed by atoms with Gasteiger partial charge in [-0.1, -0.05) is 39.0 Å². The Labute approximate surface area is 185 Å². The summed E-state index contributed by atoms with van der Waals surface area (Å²) >= 11 is 0. The van der Waals surface area contributed by atoms with Crippen molar-refractivity contribution in [3.8, 4) is 0 Å². The molecule has 1 aliphatic rings. The monoisotopic (exact) mass is 452 g/mol. The second kappa shape index (κ2) is 9.00. The second-order valence-corrected chi connectivity index (χ2v) is 9.40. The molecule has 0 bridgehead atoms. The third kappa shape index (κ3) is 5.72. The molecule has 32 heavy (non-hydrogen) atoms. The zero-order chi connectivity index (χ0) is 23.7. The van der Waals surface area contributed by atoms with Gasteiger partial charge in [0.2, 0.25) is 0 Å². The van der Waals surface area contributed by atoms with Crippen molar-refractivity contribution >= 4 is 11.8 Å². The fraction of sp³-hybridized carbons (Fsp3) is 0.458. The van der Waals surface area contributed by atoms with Crippen LogP contribution in [0.3, 0.4) is 0 Å². The lowest BCUT2D eigenvalue weighted by Gasteiger charge is -2.45. The Morgan fingerprint density at radius 2 is 1.88 bits per heavy atom. The molecule has 0 aliphatic carbocycles. The summed E-state index contributed by atoms with van der Waals surface area (Å²) in [5, 5.41) is 12.9. The number of piperidine rings is 1. The van der Waals surface area contributed by atoms with Crippen molar-refractivity contribution in [1.29, 1.82) is 0 Å². The summed E-state index contributed by atoms with van der Waals surface area (Å²) in [6.45, 7) is 6.35. The maximum atomic E-state index is 14.0. The Morgan fingerprint density at radius 3 is 2.50 bits per heavy atom. The maximum Gasteiger partial charge on any atom is 0.416 e. The van der Waals surface area contributed by atoms with Gasteiger partial charge >= 0.3 is 12.3 Å². The Kier molecular flexibility index (Phi) is 6.72. The van der Waals surface area contributed by atoms with Crippen LogP contribution < -0.4 is 5.32 Å². The molecule has 2 N–H and O–H groups in total. The van der Waals surface area contributed by atoms with Crippen LogP contribution in [0.25, 0.3) is 0 Å². The minimum absolute atomic E-state index is 0.0412. The number of carbonyl (C=O) groups is 1. The summed E-state index contributed by atoms with van der Waals surface area (Å²) in [5.41, 5.74) is 0.627. The van der Waals surface area contributed by atoms with Gasteiger partial charge in [-0.15, -0.1) is 0 Å². The van der Waals surface area contributed by atoms with E-state index in [0.29, 0.717) is 36.2 Å². The van der Waals surface area contributed by atoms with Gasteiger partial charge in [-0.2, -0.15) is 13.2 Å². The van der Waals surface area contributed by atoms with Crippen LogP contribution in [-0.4, -0.2) is 34.7 Å². The van der Waals surface area contributed by atoms with E-state index in [1.54, 1.807) is 12.1 Å². The standard InChI is InChI=1S/C24H28F4N2O2/c1-23(2,3)21-14-19(9-10-30(21)22(31)32)29-20-8-7-18(25)13-16(20)11-15-5-4-6-17(12-15)24(26,27)28/h4-8,12-13,19,21,29H,9-11,14H2,1-3H3,(H,31,32). The van der Waals surface area contributed by atoms with E-state index in [2.05, 4.69) is 5.32 Å². The molecule has 174 valence electrons. The predicted octanol–water partition coefficient (Wildman–Crippen LogP) is 6.40. The number of hydrogen-bond acceptors (Lipinski definition) is 2. The van der Waals surface area contributed by atoms with Crippen LogP contribution in [0.15, 0.2) is 42.5 Å². The highest BCUT2D eigenvalue weighted by Crippen LogP contribution is 2.34. The molecule has 1 heterocycles. The first kappa shape index (κ1) is 23.9. The molecule has 0 spiro atoms. The van der Waals surface area contributed by atoms with Crippen LogP contribution in [0.4, 0.5) is 28.0 Å². The lowest BCUT2D eigenvalue weighted by Crippen LogP contribution is -2.54. The third-order valence-corrected chi connectivity index (χ3v) is 5.92. The zero-order valence-electron chi connectivity index (χ0n) is 18.3.